The summed E-state index contributed by atoms with van der Waals surface area (Å²) in [6.45, 7) is 5.21. The Hall–Kier alpha value is 0.570. The quantitative estimate of drug-likeness (QED) is 0.767. The first-order valence-electron chi connectivity index (χ1n) is 3.74. The van der Waals surface area contributed by atoms with Crippen molar-refractivity contribution in [1.82, 2.24) is 4.86 Å². The Morgan fingerprint density at radius 3 is 1.71 bits per heavy atom. The molecule has 2 unspecified atom stereocenters. The van der Waals surface area contributed by atoms with Gasteiger partial charge >= 0.3 is 7.60 Å². The number of nitrogens with one attached hydrogen (secondary N) is 1. The molecule has 0 aromatic heterocycles. The predicted octanol–water partition coefficient (Wildman–Crippen LogP) is 2.42. The van der Waals surface area contributed by atoms with Gasteiger partial charge in [-0.25, -0.2) is 4.31 Å². The number of hydrogen-bond acceptors (Lipinski definition) is 5. The fraction of sp³-hybridized carbons (Fsp3) is 1.00. The Morgan fingerprint density at radius 2 is 1.43 bits per heavy atom. The fourth-order valence-electron chi connectivity index (χ4n) is 0.772. The molecule has 0 bridgehead atoms. The van der Waals surface area contributed by atoms with Crippen molar-refractivity contribution in [3.05, 3.63) is 0 Å². The van der Waals surface area contributed by atoms with Crippen LogP contribution >= 0.6 is 22.4 Å². The monoisotopic (exact) mass is 263 g/mol. The molecule has 2 atom stereocenters. The molecule has 0 heterocycles. The first kappa shape index (κ1) is 14.6. The largest absolute Gasteiger partial charge is 0.333 e. The Morgan fingerprint density at radius 1 is 1.00 bits per heavy atom. The fourth-order valence-corrected chi connectivity index (χ4v) is 7.28. The van der Waals surface area contributed by atoms with E-state index in [4.69, 9.17) is 4.31 Å². The standard InChI is InChI=1S/C5H16NO5P3/c1-10-14(5,9)11-13(4,8)6-12(2,3)7/h1-5H3,(H,6,7,8). The van der Waals surface area contributed by atoms with Crippen LogP contribution in [0, 0.1) is 0 Å². The van der Waals surface area contributed by atoms with Crippen molar-refractivity contribution in [3.63, 3.8) is 0 Å². The lowest BCUT2D eigenvalue weighted by atomic mass is 11.8. The second-order valence-corrected chi connectivity index (χ2v) is 11.1. The van der Waals surface area contributed by atoms with E-state index in [0.717, 1.165) is 0 Å². The molecule has 0 rings (SSSR count). The zero-order valence-corrected chi connectivity index (χ0v) is 11.6. The van der Waals surface area contributed by atoms with Crippen molar-refractivity contribution in [1.29, 1.82) is 0 Å². The maximum absolute atomic E-state index is 11.6. The van der Waals surface area contributed by atoms with Crippen molar-refractivity contribution < 1.29 is 22.5 Å². The summed E-state index contributed by atoms with van der Waals surface area (Å²) in [6.07, 6.45) is 0. The summed E-state index contributed by atoms with van der Waals surface area (Å²) < 4.78 is 43.6. The van der Waals surface area contributed by atoms with Gasteiger partial charge in [0.1, 0.15) is 7.29 Å². The van der Waals surface area contributed by atoms with Gasteiger partial charge in [0, 0.05) is 33.8 Å². The number of rotatable bonds is 5. The SMILES string of the molecule is COP(C)(=O)OP(C)(=O)NP(C)(C)=O. The van der Waals surface area contributed by atoms with E-state index < -0.39 is 22.4 Å². The van der Waals surface area contributed by atoms with E-state index in [-0.39, 0.29) is 0 Å². The number of hydrogen-bond donors (Lipinski definition) is 1. The van der Waals surface area contributed by atoms with Gasteiger partial charge < -0.3 is 9.09 Å². The summed E-state index contributed by atoms with van der Waals surface area (Å²) in [7, 11) is -8.19. The molecule has 86 valence electrons. The van der Waals surface area contributed by atoms with Crippen molar-refractivity contribution in [2.24, 2.45) is 0 Å². The predicted molar refractivity (Wildman–Crippen MR) is 57.7 cm³/mol. The topological polar surface area (TPSA) is 81.7 Å². The minimum Gasteiger partial charge on any atom is -0.312 e. The molecule has 0 aliphatic carbocycles. The molecule has 0 spiro atoms. The molecule has 9 heteroatoms. The molecule has 0 aromatic rings. The van der Waals surface area contributed by atoms with Gasteiger partial charge in [-0.3, -0.25) is 9.13 Å². The maximum Gasteiger partial charge on any atom is 0.333 e. The van der Waals surface area contributed by atoms with E-state index in [1.165, 1.54) is 33.8 Å². The summed E-state index contributed by atoms with van der Waals surface area (Å²) in [6, 6.07) is 0. The van der Waals surface area contributed by atoms with Crippen LogP contribution in [-0.2, 0) is 22.5 Å². The van der Waals surface area contributed by atoms with Crippen molar-refractivity contribution in [3.8, 4) is 0 Å². The Bertz CT molecular complexity index is 334. The molecule has 0 saturated carbocycles. The Kier molecular flexibility index (Phi) is 4.80. The van der Waals surface area contributed by atoms with Gasteiger partial charge in [0.2, 0.25) is 0 Å². The van der Waals surface area contributed by atoms with Crippen LogP contribution in [0.4, 0.5) is 0 Å². The Labute approximate surface area is 84.2 Å². The lowest BCUT2D eigenvalue weighted by molar-refractivity contribution is 0.327. The van der Waals surface area contributed by atoms with E-state index in [0.29, 0.717) is 0 Å². The van der Waals surface area contributed by atoms with Gasteiger partial charge in [-0.2, -0.15) is 4.86 Å². The van der Waals surface area contributed by atoms with Crippen LogP contribution in [0.5, 0.6) is 0 Å². The third kappa shape index (κ3) is 6.94. The molecule has 0 aliphatic heterocycles. The third-order valence-electron chi connectivity index (χ3n) is 1.06. The van der Waals surface area contributed by atoms with Crippen molar-refractivity contribution in [2.75, 3.05) is 33.8 Å². The van der Waals surface area contributed by atoms with E-state index in [9.17, 15) is 13.7 Å². The van der Waals surface area contributed by atoms with Gasteiger partial charge in [-0.05, 0) is 0 Å². The maximum atomic E-state index is 11.6. The summed E-state index contributed by atoms with van der Waals surface area (Å²) in [4.78, 5) is 2.32. The molecule has 0 aromatic carbocycles. The van der Waals surface area contributed by atoms with Gasteiger partial charge in [0.15, 0.2) is 0 Å². The average molecular weight is 263 g/mol. The van der Waals surface area contributed by atoms with Crippen LogP contribution < -0.4 is 4.86 Å². The average Bonchev–Trinajstić information content (AvgIpc) is 1.78. The highest BCUT2D eigenvalue weighted by atomic mass is 31.3. The highest BCUT2D eigenvalue weighted by molar-refractivity contribution is 7.77. The summed E-state index contributed by atoms with van der Waals surface area (Å²) in [5, 5.41) is 0. The molecule has 6 nitrogen and oxygen atoms in total. The van der Waals surface area contributed by atoms with Crippen LogP contribution in [0.1, 0.15) is 0 Å². The molecule has 0 fully saturated rings. The van der Waals surface area contributed by atoms with Crippen LogP contribution in [0.15, 0.2) is 0 Å². The molecule has 14 heavy (non-hydrogen) atoms. The third-order valence-corrected chi connectivity index (χ3v) is 7.53. The summed E-state index contributed by atoms with van der Waals surface area (Å²) in [5.74, 6) is 0. The van der Waals surface area contributed by atoms with Crippen LogP contribution in [0.25, 0.3) is 0 Å². The van der Waals surface area contributed by atoms with Gasteiger partial charge in [-0.15, -0.1) is 0 Å². The summed E-state index contributed by atoms with van der Waals surface area (Å²) in [5.41, 5.74) is 0. The van der Waals surface area contributed by atoms with E-state index in [1.54, 1.807) is 0 Å². The smallest absolute Gasteiger partial charge is 0.312 e. The van der Waals surface area contributed by atoms with Crippen molar-refractivity contribution >= 4 is 22.4 Å². The molecule has 0 radical (unpaired) electrons. The van der Waals surface area contributed by atoms with Crippen molar-refractivity contribution in [2.45, 2.75) is 0 Å². The van der Waals surface area contributed by atoms with E-state index in [2.05, 4.69) is 9.38 Å². The molecule has 0 aliphatic rings. The van der Waals surface area contributed by atoms with Crippen LogP contribution in [-0.4, -0.2) is 33.8 Å². The van der Waals surface area contributed by atoms with Gasteiger partial charge in [0.25, 0.3) is 7.52 Å². The van der Waals surface area contributed by atoms with Gasteiger partial charge in [-0.1, -0.05) is 0 Å². The molecular formula is C5H16NO5P3. The lowest BCUT2D eigenvalue weighted by Gasteiger charge is -2.20. The first-order chi connectivity index (χ1) is 5.97. The van der Waals surface area contributed by atoms with E-state index in [1.807, 2.05) is 0 Å². The molecular weight excluding hydrogens is 247 g/mol. The lowest BCUT2D eigenvalue weighted by Crippen LogP contribution is -2.06. The Balaban J connectivity index is 4.60. The zero-order chi connectivity index (χ0) is 11.6. The van der Waals surface area contributed by atoms with Gasteiger partial charge in [0.05, 0.1) is 0 Å². The normalized spacial score (nSPS) is 21.2. The summed E-state index contributed by atoms with van der Waals surface area (Å²) >= 11 is 0. The van der Waals surface area contributed by atoms with Crippen LogP contribution in [0.2, 0.25) is 0 Å². The van der Waals surface area contributed by atoms with Crippen LogP contribution in [0.3, 0.4) is 0 Å². The zero-order valence-electron chi connectivity index (χ0n) is 8.88. The highest BCUT2D eigenvalue weighted by Crippen LogP contribution is 2.61. The minimum absolute atomic E-state index is 1.19. The molecule has 1 N–H and O–H groups in total. The highest BCUT2D eigenvalue weighted by Gasteiger charge is 2.30. The second kappa shape index (κ2) is 4.61. The van der Waals surface area contributed by atoms with E-state index >= 15 is 0 Å². The first-order valence-corrected chi connectivity index (χ1v) is 10.4. The molecule has 0 saturated heterocycles. The second-order valence-electron chi connectivity index (χ2n) is 3.33. The molecule has 0 amide bonds. The minimum atomic E-state index is -3.35.